The molecule has 0 atom stereocenters. The summed E-state index contributed by atoms with van der Waals surface area (Å²) in [7, 11) is 0. The normalized spacial score (nSPS) is 10.1. The number of carboxylic acid groups (broad SMARTS) is 1. The Hall–Kier alpha value is -3.15. The highest BCUT2D eigenvalue weighted by Gasteiger charge is 2.12. The fourth-order valence-corrected chi connectivity index (χ4v) is 2.28. The maximum absolute atomic E-state index is 12.3. The molecule has 2 rings (SSSR count). The second-order valence-electron chi connectivity index (χ2n) is 5.46. The zero-order chi connectivity index (χ0) is 18.1. The maximum atomic E-state index is 12.3. The minimum Gasteiger partial charge on any atom is -0.550 e. The molecule has 0 spiro atoms. The first-order valence-electron chi connectivity index (χ1n) is 7.97. The van der Waals surface area contributed by atoms with Gasteiger partial charge in [0.05, 0.1) is 11.3 Å². The van der Waals surface area contributed by atoms with E-state index in [0.717, 1.165) is 5.56 Å². The van der Waals surface area contributed by atoms with Crippen molar-refractivity contribution in [2.75, 3.05) is 11.9 Å². The Kier molecular flexibility index (Phi) is 6.71. The SMILES string of the molecule is O=C([O-])CCC(=O)Nc1ccccc1C(=O)NCCc1ccccc1. The van der Waals surface area contributed by atoms with Crippen LogP contribution in [0.5, 0.6) is 0 Å². The van der Waals surface area contributed by atoms with E-state index in [-0.39, 0.29) is 18.7 Å². The predicted octanol–water partition coefficient (Wildman–Crippen LogP) is 1.13. The summed E-state index contributed by atoms with van der Waals surface area (Å²) in [5.41, 5.74) is 1.80. The molecule has 0 aromatic heterocycles. The molecule has 2 aromatic rings. The van der Waals surface area contributed by atoms with Crippen LogP contribution in [0.25, 0.3) is 0 Å². The van der Waals surface area contributed by atoms with Crippen molar-refractivity contribution in [2.45, 2.75) is 19.3 Å². The maximum Gasteiger partial charge on any atom is 0.253 e. The van der Waals surface area contributed by atoms with Gasteiger partial charge in [0.2, 0.25) is 5.91 Å². The van der Waals surface area contributed by atoms with E-state index < -0.39 is 11.9 Å². The van der Waals surface area contributed by atoms with Crippen LogP contribution in [0.15, 0.2) is 54.6 Å². The molecule has 0 bridgehead atoms. The van der Waals surface area contributed by atoms with Crippen LogP contribution in [0.2, 0.25) is 0 Å². The molecule has 130 valence electrons. The minimum absolute atomic E-state index is 0.202. The lowest BCUT2D eigenvalue weighted by molar-refractivity contribution is -0.305. The Balaban J connectivity index is 1.93. The Morgan fingerprint density at radius 1 is 0.880 bits per heavy atom. The molecule has 0 aliphatic heterocycles. The summed E-state index contributed by atoms with van der Waals surface area (Å²) in [6.45, 7) is 0.468. The van der Waals surface area contributed by atoms with Crippen molar-refractivity contribution in [1.82, 2.24) is 5.32 Å². The van der Waals surface area contributed by atoms with E-state index in [4.69, 9.17) is 0 Å². The van der Waals surface area contributed by atoms with Crippen molar-refractivity contribution in [2.24, 2.45) is 0 Å². The molecule has 0 saturated carbocycles. The quantitative estimate of drug-likeness (QED) is 0.753. The smallest absolute Gasteiger partial charge is 0.253 e. The fraction of sp³-hybridized carbons (Fsp3) is 0.211. The third-order valence-corrected chi connectivity index (χ3v) is 3.54. The summed E-state index contributed by atoms with van der Waals surface area (Å²) < 4.78 is 0. The van der Waals surface area contributed by atoms with Gasteiger partial charge in [0.25, 0.3) is 5.91 Å². The summed E-state index contributed by atoms with van der Waals surface area (Å²) in [5, 5.41) is 15.8. The van der Waals surface area contributed by atoms with Crippen molar-refractivity contribution >= 4 is 23.5 Å². The van der Waals surface area contributed by atoms with Crippen LogP contribution in [-0.2, 0) is 16.0 Å². The topological polar surface area (TPSA) is 98.3 Å². The van der Waals surface area contributed by atoms with Gasteiger partial charge >= 0.3 is 0 Å². The van der Waals surface area contributed by atoms with Gasteiger partial charge in [0.1, 0.15) is 0 Å². The van der Waals surface area contributed by atoms with Gasteiger partial charge in [-0.05, 0) is 30.5 Å². The van der Waals surface area contributed by atoms with Crippen molar-refractivity contribution in [3.63, 3.8) is 0 Å². The zero-order valence-electron chi connectivity index (χ0n) is 13.7. The largest absolute Gasteiger partial charge is 0.550 e. The van der Waals surface area contributed by atoms with E-state index in [0.29, 0.717) is 24.2 Å². The molecular formula is C19H19N2O4-. The summed E-state index contributed by atoms with van der Waals surface area (Å²) in [5.74, 6) is -2.07. The van der Waals surface area contributed by atoms with Gasteiger partial charge in [-0.1, -0.05) is 42.5 Å². The Morgan fingerprint density at radius 3 is 2.28 bits per heavy atom. The molecule has 0 unspecified atom stereocenters. The molecule has 2 N–H and O–H groups in total. The standard InChI is InChI=1S/C19H20N2O4/c22-17(10-11-18(23)24)21-16-9-5-4-8-15(16)19(25)20-13-12-14-6-2-1-3-7-14/h1-9H,10-13H2,(H,20,25)(H,21,22)(H,23,24)/p-1. The number of carbonyl (C=O) groups excluding carboxylic acids is 3. The molecular weight excluding hydrogens is 320 g/mol. The summed E-state index contributed by atoms with van der Waals surface area (Å²) >= 11 is 0. The Bertz CT molecular complexity index is 744. The van der Waals surface area contributed by atoms with Gasteiger partial charge < -0.3 is 20.5 Å². The number of para-hydroxylation sites is 1. The van der Waals surface area contributed by atoms with Gasteiger partial charge in [-0.25, -0.2) is 0 Å². The Labute approximate surface area is 145 Å². The van der Waals surface area contributed by atoms with Crippen LogP contribution in [0.4, 0.5) is 5.69 Å². The lowest BCUT2D eigenvalue weighted by atomic mass is 10.1. The van der Waals surface area contributed by atoms with Gasteiger partial charge in [-0.15, -0.1) is 0 Å². The highest BCUT2D eigenvalue weighted by Crippen LogP contribution is 2.15. The first kappa shape index (κ1) is 18.2. The molecule has 0 aliphatic carbocycles. The van der Waals surface area contributed by atoms with Crippen molar-refractivity contribution in [3.05, 3.63) is 65.7 Å². The highest BCUT2D eigenvalue weighted by molar-refractivity contribution is 6.04. The van der Waals surface area contributed by atoms with E-state index in [1.54, 1.807) is 24.3 Å². The molecule has 6 nitrogen and oxygen atoms in total. The third-order valence-electron chi connectivity index (χ3n) is 3.54. The van der Waals surface area contributed by atoms with Gasteiger partial charge in [-0.2, -0.15) is 0 Å². The van der Waals surface area contributed by atoms with Crippen LogP contribution in [-0.4, -0.2) is 24.3 Å². The lowest BCUT2D eigenvalue weighted by Crippen LogP contribution is -2.27. The van der Waals surface area contributed by atoms with E-state index in [1.165, 1.54) is 0 Å². The van der Waals surface area contributed by atoms with Crippen LogP contribution < -0.4 is 15.7 Å². The number of amides is 2. The van der Waals surface area contributed by atoms with E-state index in [2.05, 4.69) is 10.6 Å². The highest BCUT2D eigenvalue weighted by atomic mass is 16.4. The van der Waals surface area contributed by atoms with Crippen molar-refractivity contribution in [3.8, 4) is 0 Å². The number of nitrogens with one attached hydrogen (secondary N) is 2. The Morgan fingerprint density at radius 2 is 1.56 bits per heavy atom. The fourth-order valence-electron chi connectivity index (χ4n) is 2.28. The van der Waals surface area contributed by atoms with E-state index in [9.17, 15) is 19.5 Å². The first-order chi connectivity index (χ1) is 12.1. The average Bonchev–Trinajstić information content (AvgIpc) is 2.61. The second-order valence-corrected chi connectivity index (χ2v) is 5.46. The molecule has 0 fully saturated rings. The lowest BCUT2D eigenvalue weighted by Gasteiger charge is -2.11. The number of carboxylic acids is 1. The van der Waals surface area contributed by atoms with Gasteiger partial charge in [-0.3, -0.25) is 9.59 Å². The van der Waals surface area contributed by atoms with Gasteiger partial charge in [0, 0.05) is 18.9 Å². The number of benzene rings is 2. The number of hydrogen-bond donors (Lipinski definition) is 2. The summed E-state index contributed by atoms with van der Waals surface area (Å²) in [6.07, 6.45) is 0.135. The first-order valence-corrected chi connectivity index (χ1v) is 7.97. The van der Waals surface area contributed by atoms with Crippen LogP contribution in [0, 0.1) is 0 Å². The van der Waals surface area contributed by atoms with Crippen molar-refractivity contribution < 1.29 is 19.5 Å². The summed E-state index contributed by atoms with van der Waals surface area (Å²) in [6, 6.07) is 16.4. The molecule has 25 heavy (non-hydrogen) atoms. The number of hydrogen-bond acceptors (Lipinski definition) is 4. The molecule has 6 heteroatoms. The number of aliphatic carboxylic acids is 1. The summed E-state index contributed by atoms with van der Waals surface area (Å²) in [4.78, 5) is 34.5. The molecule has 0 radical (unpaired) electrons. The number of rotatable bonds is 8. The molecule has 0 heterocycles. The van der Waals surface area contributed by atoms with Crippen LogP contribution in [0.3, 0.4) is 0 Å². The van der Waals surface area contributed by atoms with Crippen LogP contribution >= 0.6 is 0 Å². The molecule has 0 saturated heterocycles. The van der Waals surface area contributed by atoms with E-state index >= 15 is 0 Å². The molecule has 2 amide bonds. The predicted molar refractivity (Wildman–Crippen MR) is 91.8 cm³/mol. The second kappa shape index (κ2) is 9.22. The third kappa shape index (κ3) is 6.10. The van der Waals surface area contributed by atoms with Crippen molar-refractivity contribution in [1.29, 1.82) is 0 Å². The number of carbonyl (C=O) groups is 3. The monoisotopic (exact) mass is 339 g/mol. The molecule has 2 aromatic carbocycles. The van der Waals surface area contributed by atoms with Gasteiger partial charge in [0.15, 0.2) is 0 Å². The molecule has 0 aliphatic rings. The minimum atomic E-state index is -1.29. The van der Waals surface area contributed by atoms with Crippen LogP contribution in [0.1, 0.15) is 28.8 Å². The number of anilines is 1. The average molecular weight is 339 g/mol. The zero-order valence-corrected chi connectivity index (χ0v) is 13.7. The van der Waals surface area contributed by atoms with E-state index in [1.807, 2.05) is 30.3 Å².